The summed E-state index contributed by atoms with van der Waals surface area (Å²) in [6.45, 7) is 2.14. The van der Waals surface area contributed by atoms with E-state index in [0.29, 0.717) is 0 Å². The molecule has 0 saturated heterocycles. The van der Waals surface area contributed by atoms with Gasteiger partial charge >= 0.3 is 6.18 Å². The zero-order valence-electron chi connectivity index (χ0n) is 11.9. The molecule has 0 aromatic carbocycles. The fraction of sp³-hybridized carbons (Fsp3) is 0.909. The van der Waals surface area contributed by atoms with Crippen molar-refractivity contribution in [2.45, 2.75) is 19.1 Å². The third-order valence-corrected chi connectivity index (χ3v) is 2.90. The maximum Gasteiger partial charge on any atom is 0.400 e. The number of halogens is 3. The monoisotopic (exact) mass is 301 g/mol. The van der Waals surface area contributed by atoms with Crippen molar-refractivity contribution in [3.05, 3.63) is 0 Å². The Kier molecular flexibility index (Phi) is 8.51. The molecular weight excluding hydrogens is 279 g/mol. The van der Waals surface area contributed by atoms with Gasteiger partial charge in [0.05, 0.1) is 13.2 Å². The minimum absolute atomic E-state index is 0.258. The first-order chi connectivity index (χ1) is 9.27. The van der Waals surface area contributed by atoms with Gasteiger partial charge in [0.2, 0.25) is 0 Å². The van der Waals surface area contributed by atoms with Crippen LogP contribution in [0.25, 0.3) is 0 Å². The number of hydrogen-bond donors (Lipinski definition) is 2. The third kappa shape index (κ3) is 6.40. The predicted octanol–water partition coefficient (Wildman–Crippen LogP) is 0.895. The molecule has 120 valence electrons. The minimum Gasteiger partial charge on any atom is -0.409 e. The zero-order valence-corrected chi connectivity index (χ0v) is 11.9. The van der Waals surface area contributed by atoms with Crippen LogP contribution in [0.5, 0.6) is 0 Å². The number of nitrogens with two attached hydrogens (primary N) is 1. The van der Waals surface area contributed by atoms with Gasteiger partial charge in [0, 0.05) is 33.4 Å². The van der Waals surface area contributed by atoms with Crippen LogP contribution in [0.2, 0.25) is 0 Å². The first-order valence-corrected chi connectivity index (χ1v) is 6.03. The van der Waals surface area contributed by atoms with Crippen molar-refractivity contribution < 1.29 is 27.9 Å². The van der Waals surface area contributed by atoms with E-state index in [1.54, 1.807) is 6.92 Å². The van der Waals surface area contributed by atoms with Gasteiger partial charge in [-0.3, -0.25) is 4.90 Å². The second kappa shape index (κ2) is 8.98. The molecule has 0 aromatic heterocycles. The molecule has 6 nitrogen and oxygen atoms in total. The van der Waals surface area contributed by atoms with Crippen LogP contribution in [0.3, 0.4) is 0 Å². The molecule has 0 saturated carbocycles. The Labute approximate surface area is 116 Å². The number of nitrogens with zero attached hydrogens (tertiary/aromatic N) is 2. The maximum absolute atomic E-state index is 12.9. The van der Waals surface area contributed by atoms with Crippen molar-refractivity contribution in [1.29, 1.82) is 0 Å². The fourth-order valence-electron chi connectivity index (χ4n) is 1.72. The summed E-state index contributed by atoms with van der Waals surface area (Å²) in [4.78, 5) is 1.53. The quantitative estimate of drug-likeness (QED) is 0.286. The van der Waals surface area contributed by atoms with E-state index < -0.39 is 24.5 Å². The molecule has 0 radical (unpaired) electrons. The predicted molar refractivity (Wildman–Crippen MR) is 67.7 cm³/mol. The Hall–Kier alpha value is -1.06. The van der Waals surface area contributed by atoms with Crippen molar-refractivity contribution in [3.63, 3.8) is 0 Å². The van der Waals surface area contributed by atoms with E-state index >= 15 is 0 Å². The van der Waals surface area contributed by atoms with Crippen LogP contribution in [0, 0.1) is 5.92 Å². The van der Waals surface area contributed by atoms with Gasteiger partial charge in [-0.15, -0.1) is 0 Å². The van der Waals surface area contributed by atoms with Crippen LogP contribution in [0.15, 0.2) is 5.16 Å². The minimum atomic E-state index is -4.59. The molecule has 3 N–H and O–H groups in total. The lowest BCUT2D eigenvalue weighted by Gasteiger charge is -2.32. The Morgan fingerprint density at radius 2 is 1.95 bits per heavy atom. The van der Waals surface area contributed by atoms with Crippen LogP contribution in [-0.4, -0.2) is 68.7 Å². The molecule has 0 aliphatic rings. The Morgan fingerprint density at radius 3 is 2.35 bits per heavy atom. The average molecular weight is 301 g/mol. The highest BCUT2D eigenvalue weighted by atomic mass is 19.4. The molecule has 0 aliphatic carbocycles. The standard InChI is InChI=1S/C11H22F3N3O3/c1-8(7-20-3)17(4-5-19-2)6-9(10(15)16-18)11(12,13)14/h8-9,18H,4-7H2,1-3H3,(H2,15,16). The van der Waals surface area contributed by atoms with Gasteiger partial charge in [0.15, 0.2) is 5.84 Å². The third-order valence-electron chi connectivity index (χ3n) is 2.90. The molecule has 0 aliphatic heterocycles. The van der Waals surface area contributed by atoms with Gasteiger partial charge in [0.25, 0.3) is 0 Å². The highest BCUT2D eigenvalue weighted by Gasteiger charge is 2.44. The molecule has 0 bridgehead atoms. The van der Waals surface area contributed by atoms with Crippen LogP contribution >= 0.6 is 0 Å². The molecule has 0 aromatic rings. The molecule has 0 fully saturated rings. The van der Waals surface area contributed by atoms with E-state index in [4.69, 9.17) is 20.4 Å². The van der Waals surface area contributed by atoms with E-state index in [2.05, 4.69) is 5.16 Å². The summed E-state index contributed by atoms with van der Waals surface area (Å²) in [6.07, 6.45) is -4.59. The van der Waals surface area contributed by atoms with E-state index in [0.717, 1.165) is 0 Å². The van der Waals surface area contributed by atoms with Gasteiger partial charge in [-0.2, -0.15) is 13.2 Å². The van der Waals surface area contributed by atoms with Gasteiger partial charge in [-0.25, -0.2) is 0 Å². The van der Waals surface area contributed by atoms with Crippen molar-refractivity contribution in [2.75, 3.05) is 40.5 Å². The second-order valence-electron chi connectivity index (χ2n) is 4.41. The van der Waals surface area contributed by atoms with Crippen molar-refractivity contribution in [1.82, 2.24) is 4.90 Å². The molecule has 20 heavy (non-hydrogen) atoms. The van der Waals surface area contributed by atoms with Crippen molar-refractivity contribution in [3.8, 4) is 0 Å². The van der Waals surface area contributed by atoms with Crippen LogP contribution < -0.4 is 5.73 Å². The summed E-state index contributed by atoms with van der Waals surface area (Å²) in [6, 6.07) is -0.258. The summed E-state index contributed by atoms with van der Waals surface area (Å²) in [5.41, 5.74) is 5.15. The largest absolute Gasteiger partial charge is 0.409 e. The number of alkyl halides is 3. The smallest absolute Gasteiger partial charge is 0.400 e. The van der Waals surface area contributed by atoms with Crippen molar-refractivity contribution >= 4 is 5.84 Å². The molecule has 9 heteroatoms. The number of amidine groups is 1. The van der Waals surface area contributed by atoms with Crippen LogP contribution in [0.4, 0.5) is 13.2 Å². The molecule has 2 atom stereocenters. The zero-order chi connectivity index (χ0) is 15.8. The normalized spacial score (nSPS) is 16.4. The van der Waals surface area contributed by atoms with E-state index in [1.165, 1.54) is 19.1 Å². The highest BCUT2D eigenvalue weighted by Crippen LogP contribution is 2.27. The highest BCUT2D eigenvalue weighted by molar-refractivity contribution is 5.83. The summed E-state index contributed by atoms with van der Waals surface area (Å²) in [5, 5.41) is 11.0. The molecule has 0 rings (SSSR count). The Bertz CT molecular complexity index is 300. The molecular formula is C11H22F3N3O3. The first kappa shape index (κ1) is 18.9. The number of ether oxygens (including phenoxy) is 2. The molecule has 0 heterocycles. The van der Waals surface area contributed by atoms with Gasteiger partial charge in [-0.1, -0.05) is 5.16 Å². The SMILES string of the molecule is COCCN(CC(C(N)=NO)C(F)(F)F)C(C)COC. The molecule has 0 amide bonds. The lowest BCUT2D eigenvalue weighted by molar-refractivity contribution is -0.162. The lowest BCUT2D eigenvalue weighted by Crippen LogP contribution is -2.48. The van der Waals surface area contributed by atoms with E-state index in [9.17, 15) is 13.2 Å². The van der Waals surface area contributed by atoms with E-state index in [1.807, 2.05) is 0 Å². The van der Waals surface area contributed by atoms with Gasteiger partial charge in [0.1, 0.15) is 5.92 Å². The maximum atomic E-state index is 12.9. The fourth-order valence-corrected chi connectivity index (χ4v) is 1.72. The number of oxime groups is 1. The van der Waals surface area contributed by atoms with E-state index in [-0.39, 0.29) is 25.8 Å². The summed E-state index contributed by atoms with van der Waals surface area (Å²) in [7, 11) is 2.93. The molecule has 0 spiro atoms. The first-order valence-electron chi connectivity index (χ1n) is 6.03. The van der Waals surface area contributed by atoms with Crippen LogP contribution in [0.1, 0.15) is 6.92 Å². The number of rotatable bonds is 9. The Morgan fingerprint density at radius 1 is 1.35 bits per heavy atom. The second-order valence-corrected chi connectivity index (χ2v) is 4.41. The lowest BCUT2D eigenvalue weighted by atomic mass is 10.1. The Balaban J connectivity index is 4.96. The summed E-state index contributed by atoms with van der Waals surface area (Å²) < 4.78 is 48.6. The summed E-state index contributed by atoms with van der Waals surface area (Å²) in [5.74, 6) is -2.90. The average Bonchev–Trinajstić information content (AvgIpc) is 2.36. The topological polar surface area (TPSA) is 80.3 Å². The van der Waals surface area contributed by atoms with Gasteiger partial charge in [-0.05, 0) is 6.92 Å². The van der Waals surface area contributed by atoms with Gasteiger partial charge < -0.3 is 20.4 Å². The molecule has 2 unspecified atom stereocenters. The number of hydrogen-bond acceptors (Lipinski definition) is 5. The summed E-state index contributed by atoms with van der Waals surface area (Å²) >= 11 is 0. The van der Waals surface area contributed by atoms with Crippen molar-refractivity contribution in [2.24, 2.45) is 16.8 Å². The number of methoxy groups -OCH3 is 2. The van der Waals surface area contributed by atoms with Crippen LogP contribution in [-0.2, 0) is 9.47 Å².